The molecule has 0 saturated heterocycles. The van der Waals surface area contributed by atoms with Crippen molar-refractivity contribution in [2.75, 3.05) is 0 Å². The molecule has 90 heavy (non-hydrogen) atoms. The minimum atomic E-state index is -0.674. The van der Waals surface area contributed by atoms with Crippen molar-refractivity contribution in [2.45, 2.75) is 102 Å². The third kappa shape index (κ3) is 7.37. The van der Waals surface area contributed by atoms with E-state index in [1.54, 1.807) is 0 Å². The fourth-order valence-electron chi connectivity index (χ4n) is 17.4. The Morgan fingerprint density at radius 3 is 0.756 bits per heavy atom. The summed E-state index contributed by atoms with van der Waals surface area (Å²) in [5, 5.41) is 5.19. The summed E-state index contributed by atoms with van der Waals surface area (Å²) in [5.41, 5.74) is 32.4. The summed E-state index contributed by atoms with van der Waals surface area (Å²) in [6, 6.07) is 104. The van der Waals surface area contributed by atoms with Gasteiger partial charge in [-0.3, -0.25) is 0 Å². The molecule has 0 spiro atoms. The molecular weight excluding hydrogens is 1080 g/mol. The molecule has 0 fully saturated rings. The standard InChI is InChI=1S/C90H74/c1-85(2,3)57-43-39-55(40-44-57)67-47-81-83(65-37-25-23-35-63(65)67)73-53-79-69(49-75(73)87(81,7)8)71-51-78-72(52-77(71)89(79,59-27-15-11-16-28-59)60-29-17-12-18-30-60)70-50-76-74(54-80(70)90(78,61-31-19-13-20-32-61)62-33-21-14-22-34-62)84-66-38-26-24-36-64(66)68(48-82(84)88(76,9)10)56-41-45-58(46-42-56)86(4,5)6/h11-54H,1-10H3. The van der Waals surface area contributed by atoms with Crippen molar-refractivity contribution >= 4 is 21.5 Å². The van der Waals surface area contributed by atoms with Crippen LogP contribution in [-0.4, -0.2) is 0 Å². The van der Waals surface area contributed by atoms with Crippen LogP contribution in [0.3, 0.4) is 0 Å². The van der Waals surface area contributed by atoms with Crippen molar-refractivity contribution in [3.05, 3.63) is 345 Å². The molecule has 0 N–H and O–H groups in total. The van der Waals surface area contributed by atoms with Crippen molar-refractivity contribution in [2.24, 2.45) is 0 Å². The molecule has 4 aliphatic rings. The summed E-state index contributed by atoms with van der Waals surface area (Å²) in [7, 11) is 0. The predicted octanol–water partition coefficient (Wildman–Crippen LogP) is 23.3. The van der Waals surface area contributed by atoms with E-state index in [0.717, 1.165) is 0 Å². The lowest BCUT2D eigenvalue weighted by Crippen LogP contribution is -2.30. The molecular formula is C90H74. The first-order valence-electron chi connectivity index (χ1n) is 32.6. The summed E-state index contributed by atoms with van der Waals surface area (Å²) >= 11 is 0. The Kier molecular flexibility index (Phi) is 11.5. The number of hydrogen-bond donors (Lipinski definition) is 0. The minimum absolute atomic E-state index is 0.0659. The van der Waals surface area contributed by atoms with Crippen molar-refractivity contribution in [1.82, 2.24) is 0 Å². The zero-order valence-corrected chi connectivity index (χ0v) is 53.4. The lowest BCUT2D eigenvalue weighted by molar-refractivity contribution is 0.590. The molecule has 434 valence electrons. The monoisotopic (exact) mass is 1150 g/mol. The van der Waals surface area contributed by atoms with Crippen LogP contribution in [0.1, 0.15) is 147 Å². The van der Waals surface area contributed by atoms with E-state index in [1.165, 1.54) is 166 Å². The van der Waals surface area contributed by atoms with Crippen LogP contribution >= 0.6 is 0 Å². The van der Waals surface area contributed by atoms with Crippen LogP contribution in [0, 0.1) is 0 Å². The molecule has 17 rings (SSSR count). The highest BCUT2D eigenvalue weighted by Gasteiger charge is 2.54. The molecule has 0 atom stereocenters. The Labute approximate surface area is 531 Å². The van der Waals surface area contributed by atoms with Gasteiger partial charge in [0.2, 0.25) is 0 Å². The molecule has 4 aliphatic carbocycles. The molecule has 0 heterocycles. The van der Waals surface area contributed by atoms with Gasteiger partial charge >= 0.3 is 0 Å². The van der Waals surface area contributed by atoms with E-state index in [4.69, 9.17) is 0 Å². The van der Waals surface area contributed by atoms with Crippen LogP contribution in [0.25, 0.3) is 88.3 Å². The highest BCUT2D eigenvalue weighted by atomic mass is 14.6. The maximum absolute atomic E-state index is 2.68. The van der Waals surface area contributed by atoms with Gasteiger partial charge in [-0.2, -0.15) is 0 Å². The predicted molar refractivity (Wildman–Crippen MR) is 379 cm³/mol. The largest absolute Gasteiger partial charge is 0.0714 e. The van der Waals surface area contributed by atoms with Gasteiger partial charge in [-0.1, -0.05) is 288 Å². The highest BCUT2D eigenvalue weighted by molar-refractivity contribution is 6.12. The fraction of sp³-hybridized carbons (Fsp3) is 0.178. The maximum atomic E-state index is 2.68. The Morgan fingerprint density at radius 1 is 0.222 bits per heavy atom. The molecule has 0 bridgehead atoms. The topological polar surface area (TPSA) is 0 Å². The summed E-state index contributed by atoms with van der Waals surface area (Å²) < 4.78 is 0. The normalized spacial score (nSPS) is 15.6. The molecule has 13 aromatic carbocycles. The first kappa shape index (κ1) is 54.5. The van der Waals surface area contributed by atoms with Crippen molar-refractivity contribution in [3.63, 3.8) is 0 Å². The third-order valence-electron chi connectivity index (χ3n) is 21.9. The quantitative estimate of drug-likeness (QED) is 0.156. The van der Waals surface area contributed by atoms with Crippen LogP contribution < -0.4 is 0 Å². The molecule has 0 aromatic heterocycles. The maximum Gasteiger partial charge on any atom is 0.0714 e. The first-order chi connectivity index (χ1) is 43.4. The number of fused-ring (bicyclic) bond motifs is 16. The summed E-state index contributed by atoms with van der Waals surface area (Å²) in [6.45, 7) is 23.7. The van der Waals surface area contributed by atoms with Crippen molar-refractivity contribution in [3.8, 4) is 66.8 Å². The molecule has 0 radical (unpaired) electrons. The first-order valence-corrected chi connectivity index (χ1v) is 32.6. The van der Waals surface area contributed by atoms with Gasteiger partial charge in [0.15, 0.2) is 0 Å². The van der Waals surface area contributed by atoms with Crippen LogP contribution in [0.2, 0.25) is 0 Å². The van der Waals surface area contributed by atoms with E-state index in [1.807, 2.05) is 0 Å². The van der Waals surface area contributed by atoms with Gasteiger partial charge in [-0.25, -0.2) is 0 Å². The van der Waals surface area contributed by atoms with Gasteiger partial charge in [-0.15, -0.1) is 0 Å². The minimum Gasteiger partial charge on any atom is -0.0622 e. The molecule has 0 amide bonds. The fourth-order valence-corrected chi connectivity index (χ4v) is 17.4. The molecule has 0 heteroatoms. The molecule has 13 aromatic rings. The summed E-state index contributed by atoms with van der Waals surface area (Å²) in [6.07, 6.45) is 0. The average molecular weight is 1160 g/mol. The number of benzene rings is 13. The molecule has 0 aliphatic heterocycles. The second-order valence-corrected chi connectivity index (χ2v) is 29.5. The van der Waals surface area contributed by atoms with E-state index in [9.17, 15) is 0 Å². The SMILES string of the molecule is CC(C)(C)c1ccc(-c2cc3c(c4ccccc24)-c2cc4c(cc2C3(C)C)-c2cc3c(cc2C4(c2ccccc2)c2ccccc2)-c2cc4c(cc2C3(c2ccccc2)c2ccccc2)-c2c(cc(-c3ccc(C(C)(C)C)cc3)c3ccccc23)C4(C)C)cc1. The van der Waals surface area contributed by atoms with Crippen LogP contribution in [-0.2, 0) is 32.5 Å². The van der Waals surface area contributed by atoms with E-state index in [0.29, 0.717) is 0 Å². The van der Waals surface area contributed by atoms with Gasteiger partial charge in [-0.05, 0) is 226 Å². The lowest BCUT2D eigenvalue weighted by atomic mass is 9.65. The Bertz CT molecular complexity index is 4710. The van der Waals surface area contributed by atoms with Crippen molar-refractivity contribution < 1.29 is 0 Å². The van der Waals surface area contributed by atoms with Crippen LogP contribution in [0.5, 0.6) is 0 Å². The van der Waals surface area contributed by atoms with Gasteiger partial charge in [0.05, 0.1) is 10.8 Å². The Balaban J connectivity index is 0.954. The summed E-state index contributed by atoms with van der Waals surface area (Å²) in [4.78, 5) is 0. The molecule has 0 nitrogen and oxygen atoms in total. The zero-order chi connectivity index (χ0) is 61.4. The van der Waals surface area contributed by atoms with Crippen LogP contribution in [0.4, 0.5) is 0 Å². The average Bonchev–Trinajstić information content (AvgIpc) is 1.50. The number of hydrogen-bond acceptors (Lipinski definition) is 0. The van der Waals surface area contributed by atoms with Crippen LogP contribution in [0.15, 0.2) is 267 Å². The third-order valence-corrected chi connectivity index (χ3v) is 21.9. The van der Waals surface area contributed by atoms with Crippen molar-refractivity contribution in [1.29, 1.82) is 0 Å². The van der Waals surface area contributed by atoms with E-state index in [2.05, 4.69) is 336 Å². The van der Waals surface area contributed by atoms with E-state index >= 15 is 0 Å². The smallest absolute Gasteiger partial charge is 0.0622 e. The second-order valence-electron chi connectivity index (χ2n) is 29.5. The van der Waals surface area contributed by atoms with Gasteiger partial charge in [0.25, 0.3) is 0 Å². The molecule has 0 unspecified atom stereocenters. The molecule has 0 saturated carbocycles. The zero-order valence-electron chi connectivity index (χ0n) is 53.4. The number of rotatable bonds is 6. The van der Waals surface area contributed by atoms with Gasteiger partial charge < -0.3 is 0 Å². The Morgan fingerprint density at radius 2 is 0.467 bits per heavy atom. The summed E-state index contributed by atoms with van der Waals surface area (Å²) in [5.74, 6) is 0. The highest BCUT2D eigenvalue weighted by Crippen LogP contribution is 2.67. The second kappa shape index (κ2) is 19.0. The Hall–Kier alpha value is -9.62. The van der Waals surface area contributed by atoms with Gasteiger partial charge in [0, 0.05) is 10.8 Å². The van der Waals surface area contributed by atoms with E-state index in [-0.39, 0.29) is 21.7 Å². The van der Waals surface area contributed by atoms with E-state index < -0.39 is 10.8 Å². The van der Waals surface area contributed by atoms with Gasteiger partial charge in [0.1, 0.15) is 0 Å². The lowest BCUT2D eigenvalue weighted by Gasteiger charge is -2.36.